The molecule has 0 saturated heterocycles. The smallest absolute Gasteiger partial charge is 0.307 e. The lowest BCUT2D eigenvalue weighted by atomic mass is 10.1. The second kappa shape index (κ2) is 6.95. The molecular formula is C16H15NO3S. The fourth-order valence-electron chi connectivity index (χ4n) is 1.81. The Labute approximate surface area is 127 Å². The zero-order chi connectivity index (χ0) is 15.2. The van der Waals surface area contributed by atoms with Gasteiger partial charge in [0.05, 0.1) is 6.42 Å². The lowest BCUT2D eigenvalue weighted by molar-refractivity contribution is -0.136. The van der Waals surface area contributed by atoms with Gasteiger partial charge in [-0.05, 0) is 35.4 Å². The number of benzene rings is 2. The highest BCUT2D eigenvalue weighted by molar-refractivity contribution is 7.98. The van der Waals surface area contributed by atoms with E-state index in [1.807, 2.05) is 36.4 Å². The second-order valence-corrected chi connectivity index (χ2v) is 5.61. The molecule has 0 aromatic heterocycles. The van der Waals surface area contributed by atoms with Gasteiger partial charge in [0.2, 0.25) is 5.91 Å². The van der Waals surface area contributed by atoms with E-state index < -0.39 is 11.9 Å². The van der Waals surface area contributed by atoms with E-state index in [9.17, 15) is 9.59 Å². The first-order chi connectivity index (χ1) is 10.0. The first kappa shape index (κ1) is 15.1. The van der Waals surface area contributed by atoms with Gasteiger partial charge in [-0.2, -0.15) is 0 Å². The molecule has 0 unspecified atom stereocenters. The molecule has 3 N–H and O–H groups in total. The van der Waals surface area contributed by atoms with Crippen LogP contribution in [0.2, 0.25) is 0 Å². The van der Waals surface area contributed by atoms with Crippen molar-refractivity contribution < 1.29 is 14.7 Å². The maximum Gasteiger partial charge on any atom is 0.307 e. The van der Waals surface area contributed by atoms with Crippen LogP contribution in [0, 0.1) is 0 Å². The predicted molar refractivity (Wildman–Crippen MR) is 82.3 cm³/mol. The molecule has 0 atom stereocenters. The molecule has 0 aliphatic rings. The summed E-state index contributed by atoms with van der Waals surface area (Å²) in [5.41, 5.74) is 7.58. The first-order valence-corrected chi connectivity index (χ1v) is 7.35. The molecule has 0 heterocycles. The summed E-state index contributed by atoms with van der Waals surface area (Å²) >= 11 is 1.65. The van der Waals surface area contributed by atoms with Crippen LogP contribution >= 0.6 is 11.8 Å². The van der Waals surface area contributed by atoms with Crippen LogP contribution in [0.15, 0.2) is 53.4 Å². The van der Waals surface area contributed by atoms with Gasteiger partial charge in [0.25, 0.3) is 0 Å². The van der Waals surface area contributed by atoms with Crippen molar-refractivity contribution in [3.05, 3.63) is 65.2 Å². The van der Waals surface area contributed by atoms with Crippen molar-refractivity contribution in [2.45, 2.75) is 17.1 Å². The molecule has 5 heteroatoms. The SMILES string of the molecule is NC(=O)c1ccc(CSc2ccc(CC(=O)O)cc2)cc1. The number of amides is 1. The largest absolute Gasteiger partial charge is 0.481 e. The maximum absolute atomic E-state index is 11.0. The number of hydrogen-bond acceptors (Lipinski definition) is 3. The summed E-state index contributed by atoms with van der Waals surface area (Å²) < 4.78 is 0. The number of nitrogens with two attached hydrogens (primary N) is 1. The third-order valence-corrected chi connectivity index (χ3v) is 4.01. The van der Waals surface area contributed by atoms with Crippen LogP contribution in [-0.2, 0) is 17.0 Å². The van der Waals surface area contributed by atoms with E-state index in [1.54, 1.807) is 23.9 Å². The minimum atomic E-state index is -0.829. The van der Waals surface area contributed by atoms with E-state index in [4.69, 9.17) is 10.8 Å². The van der Waals surface area contributed by atoms with Crippen LogP contribution in [0.5, 0.6) is 0 Å². The molecular weight excluding hydrogens is 286 g/mol. The van der Waals surface area contributed by atoms with Crippen molar-refractivity contribution in [3.63, 3.8) is 0 Å². The third-order valence-electron chi connectivity index (χ3n) is 2.92. The number of carboxylic acids is 1. The summed E-state index contributed by atoms with van der Waals surface area (Å²) in [6.45, 7) is 0. The van der Waals surface area contributed by atoms with Gasteiger partial charge in [0.1, 0.15) is 0 Å². The molecule has 2 aromatic rings. The fourth-order valence-corrected chi connectivity index (χ4v) is 2.66. The molecule has 0 spiro atoms. The molecule has 0 saturated carbocycles. The highest BCUT2D eigenvalue weighted by atomic mass is 32.2. The Morgan fingerprint density at radius 2 is 1.52 bits per heavy atom. The maximum atomic E-state index is 11.0. The van der Waals surface area contributed by atoms with Crippen LogP contribution in [0.4, 0.5) is 0 Å². The van der Waals surface area contributed by atoms with E-state index in [0.29, 0.717) is 5.56 Å². The number of carbonyl (C=O) groups excluding carboxylic acids is 1. The Hall–Kier alpha value is -2.27. The minimum Gasteiger partial charge on any atom is -0.481 e. The van der Waals surface area contributed by atoms with Gasteiger partial charge in [-0.3, -0.25) is 9.59 Å². The summed E-state index contributed by atoms with van der Waals surface area (Å²) in [6, 6.07) is 14.7. The predicted octanol–water partition coefficient (Wildman–Crippen LogP) is 2.70. The molecule has 4 nitrogen and oxygen atoms in total. The van der Waals surface area contributed by atoms with E-state index in [-0.39, 0.29) is 6.42 Å². The van der Waals surface area contributed by atoms with Crippen molar-refractivity contribution in [2.24, 2.45) is 5.73 Å². The highest BCUT2D eigenvalue weighted by Gasteiger charge is 2.02. The van der Waals surface area contributed by atoms with Crippen molar-refractivity contribution in [3.8, 4) is 0 Å². The molecule has 0 fully saturated rings. The average molecular weight is 301 g/mol. The van der Waals surface area contributed by atoms with E-state index in [1.165, 1.54) is 0 Å². The number of hydrogen-bond donors (Lipinski definition) is 2. The minimum absolute atomic E-state index is 0.0412. The van der Waals surface area contributed by atoms with Crippen molar-refractivity contribution in [1.29, 1.82) is 0 Å². The zero-order valence-electron chi connectivity index (χ0n) is 11.3. The van der Waals surface area contributed by atoms with Crippen LogP contribution in [0.1, 0.15) is 21.5 Å². The molecule has 108 valence electrons. The standard InChI is InChI=1S/C16H15NO3S/c17-16(20)13-5-1-12(2-6-13)10-21-14-7-3-11(4-8-14)9-15(18)19/h1-8H,9-10H2,(H2,17,20)(H,18,19). The van der Waals surface area contributed by atoms with E-state index in [0.717, 1.165) is 21.8 Å². The molecule has 0 aliphatic carbocycles. The number of aliphatic carboxylic acids is 1. The Morgan fingerprint density at radius 1 is 0.952 bits per heavy atom. The second-order valence-electron chi connectivity index (χ2n) is 4.56. The summed E-state index contributed by atoms with van der Waals surface area (Å²) in [7, 11) is 0. The lowest BCUT2D eigenvalue weighted by Crippen LogP contribution is -2.10. The molecule has 0 bridgehead atoms. The molecule has 21 heavy (non-hydrogen) atoms. The zero-order valence-corrected chi connectivity index (χ0v) is 12.1. The molecule has 2 rings (SSSR count). The summed E-state index contributed by atoms with van der Waals surface area (Å²) in [5.74, 6) is -0.481. The van der Waals surface area contributed by atoms with Crippen molar-refractivity contribution in [2.75, 3.05) is 0 Å². The molecule has 2 aromatic carbocycles. The number of carbonyl (C=O) groups is 2. The Morgan fingerprint density at radius 3 is 2.05 bits per heavy atom. The van der Waals surface area contributed by atoms with Crippen LogP contribution in [0.3, 0.4) is 0 Å². The van der Waals surface area contributed by atoms with Gasteiger partial charge in [-0.25, -0.2) is 0 Å². The summed E-state index contributed by atoms with van der Waals surface area (Å²) in [4.78, 5) is 22.6. The number of thioether (sulfide) groups is 1. The molecule has 1 amide bonds. The van der Waals surface area contributed by atoms with Crippen LogP contribution in [0.25, 0.3) is 0 Å². The van der Waals surface area contributed by atoms with Gasteiger partial charge in [0.15, 0.2) is 0 Å². The number of carboxylic acid groups (broad SMARTS) is 1. The summed E-state index contributed by atoms with van der Waals surface area (Å²) in [6.07, 6.45) is 0.0412. The van der Waals surface area contributed by atoms with Crippen LogP contribution < -0.4 is 5.73 Å². The molecule has 0 aliphatic heterocycles. The van der Waals surface area contributed by atoms with Gasteiger partial charge in [-0.15, -0.1) is 11.8 Å². The van der Waals surface area contributed by atoms with E-state index >= 15 is 0 Å². The van der Waals surface area contributed by atoms with Crippen molar-refractivity contribution in [1.82, 2.24) is 0 Å². The van der Waals surface area contributed by atoms with E-state index in [2.05, 4.69) is 0 Å². The fraction of sp³-hybridized carbons (Fsp3) is 0.125. The Kier molecular flexibility index (Phi) is 5.00. The first-order valence-electron chi connectivity index (χ1n) is 6.37. The third kappa shape index (κ3) is 4.65. The van der Waals surface area contributed by atoms with Gasteiger partial charge in [0, 0.05) is 16.2 Å². The topological polar surface area (TPSA) is 80.4 Å². The van der Waals surface area contributed by atoms with Gasteiger partial charge in [-0.1, -0.05) is 24.3 Å². The normalized spacial score (nSPS) is 10.3. The van der Waals surface area contributed by atoms with Gasteiger partial charge >= 0.3 is 5.97 Å². The van der Waals surface area contributed by atoms with Crippen molar-refractivity contribution >= 4 is 23.6 Å². The lowest BCUT2D eigenvalue weighted by Gasteiger charge is -2.04. The van der Waals surface area contributed by atoms with Gasteiger partial charge < -0.3 is 10.8 Å². The monoisotopic (exact) mass is 301 g/mol. The summed E-state index contributed by atoms with van der Waals surface area (Å²) in [5, 5.41) is 8.71. The quantitative estimate of drug-likeness (QED) is 0.804. The number of primary amides is 1. The Balaban J connectivity index is 1.93. The molecule has 0 radical (unpaired) electrons. The Bertz CT molecular complexity index is 636. The highest BCUT2D eigenvalue weighted by Crippen LogP contribution is 2.23. The number of rotatable bonds is 6. The average Bonchev–Trinajstić information content (AvgIpc) is 2.46. The van der Waals surface area contributed by atoms with Crippen LogP contribution in [-0.4, -0.2) is 17.0 Å².